The molecule has 0 unspecified atom stereocenters. The van der Waals surface area contributed by atoms with Crippen LogP contribution < -0.4 is 4.90 Å². The van der Waals surface area contributed by atoms with Gasteiger partial charge in [0.1, 0.15) is 6.07 Å². The third-order valence-corrected chi connectivity index (χ3v) is 2.72. The van der Waals surface area contributed by atoms with Crippen LogP contribution >= 0.6 is 0 Å². The van der Waals surface area contributed by atoms with Gasteiger partial charge in [-0.3, -0.25) is 14.9 Å². The van der Waals surface area contributed by atoms with E-state index in [1.807, 2.05) is 6.07 Å². The van der Waals surface area contributed by atoms with Gasteiger partial charge in [0, 0.05) is 25.2 Å². The number of rotatable bonds is 2. The van der Waals surface area contributed by atoms with E-state index in [-0.39, 0.29) is 29.4 Å². The fourth-order valence-corrected chi connectivity index (χ4v) is 1.90. The fourth-order valence-electron chi connectivity index (χ4n) is 1.90. The minimum absolute atomic E-state index is 0.0432. The second-order valence-electron chi connectivity index (χ2n) is 4.00. The Labute approximate surface area is 103 Å². The Balaban J connectivity index is 2.40. The van der Waals surface area contributed by atoms with Gasteiger partial charge < -0.3 is 4.90 Å². The number of aromatic nitrogens is 1. The Bertz CT molecular complexity index is 550. The zero-order valence-electron chi connectivity index (χ0n) is 9.50. The summed E-state index contributed by atoms with van der Waals surface area (Å²) in [6.45, 7) is 0.700. The summed E-state index contributed by atoms with van der Waals surface area (Å²) in [6, 6.07) is 2.99. The molecule has 1 fully saturated rings. The Morgan fingerprint density at radius 1 is 1.56 bits per heavy atom. The topological polar surface area (TPSA) is 100 Å². The number of hydrogen-bond acceptors (Lipinski definition) is 6. The number of Topliss-reactive ketones (excluding diaryl/α,β-unsaturated/α-hetero) is 1. The molecule has 1 saturated heterocycles. The lowest BCUT2D eigenvalue weighted by molar-refractivity contribution is -0.384. The number of nitrogens with zero attached hydrogens (tertiary/aromatic N) is 4. The van der Waals surface area contributed by atoms with Crippen molar-refractivity contribution in [2.45, 2.75) is 12.8 Å². The van der Waals surface area contributed by atoms with Crippen LogP contribution in [-0.4, -0.2) is 28.8 Å². The number of pyridine rings is 1. The zero-order valence-corrected chi connectivity index (χ0v) is 9.50. The van der Waals surface area contributed by atoms with E-state index < -0.39 is 4.92 Å². The number of carbonyl (C=O) groups is 1. The zero-order chi connectivity index (χ0) is 13.1. The van der Waals surface area contributed by atoms with Crippen molar-refractivity contribution < 1.29 is 9.72 Å². The molecular formula is C11H10N4O3. The Kier molecular flexibility index (Phi) is 3.19. The smallest absolute Gasteiger partial charge is 0.312 e. The van der Waals surface area contributed by atoms with Crippen LogP contribution in [0.25, 0.3) is 0 Å². The maximum absolute atomic E-state index is 11.4. The van der Waals surface area contributed by atoms with Crippen LogP contribution in [0.4, 0.5) is 11.5 Å². The number of hydrogen-bond donors (Lipinski definition) is 0. The van der Waals surface area contributed by atoms with Crippen molar-refractivity contribution in [3.05, 3.63) is 27.9 Å². The highest BCUT2D eigenvalue weighted by atomic mass is 16.6. The van der Waals surface area contributed by atoms with Gasteiger partial charge in [-0.25, -0.2) is 4.98 Å². The van der Waals surface area contributed by atoms with Gasteiger partial charge >= 0.3 is 5.69 Å². The van der Waals surface area contributed by atoms with Crippen LogP contribution in [0.3, 0.4) is 0 Å². The summed E-state index contributed by atoms with van der Waals surface area (Å²) in [4.78, 5) is 27.3. The summed E-state index contributed by atoms with van der Waals surface area (Å²) in [6.07, 6.45) is 2.44. The molecule has 92 valence electrons. The number of carbonyl (C=O) groups excluding carboxylic acids is 1. The van der Waals surface area contributed by atoms with Crippen LogP contribution in [0.1, 0.15) is 18.4 Å². The molecule has 0 spiro atoms. The first-order valence-corrected chi connectivity index (χ1v) is 5.43. The molecule has 2 heterocycles. The van der Waals surface area contributed by atoms with Gasteiger partial charge in [-0.05, 0) is 6.42 Å². The Morgan fingerprint density at radius 3 is 2.94 bits per heavy atom. The molecule has 2 rings (SSSR count). The molecule has 18 heavy (non-hydrogen) atoms. The van der Waals surface area contributed by atoms with E-state index in [1.54, 1.807) is 4.90 Å². The van der Waals surface area contributed by atoms with Crippen molar-refractivity contribution in [2.75, 3.05) is 18.0 Å². The number of nitro groups is 1. The van der Waals surface area contributed by atoms with E-state index in [1.165, 1.54) is 12.3 Å². The van der Waals surface area contributed by atoms with Gasteiger partial charge in [-0.1, -0.05) is 0 Å². The summed E-state index contributed by atoms with van der Waals surface area (Å²) in [7, 11) is 0. The van der Waals surface area contributed by atoms with E-state index in [9.17, 15) is 14.9 Å². The molecule has 7 nitrogen and oxygen atoms in total. The number of ketones is 1. The van der Waals surface area contributed by atoms with Crippen LogP contribution in [-0.2, 0) is 4.79 Å². The monoisotopic (exact) mass is 246 g/mol. The average molecular weight is 246 g/mol. The van der Waals surface area contributed by atoms with Crippen molar-refractivity contribution in [3.63, 3.8) is 0 Å². The summed E-state index contributed by atoms with van der Waals surface area (Å²) in [5.41, 5.74) is -0.0995. The van der Waals surface area contributed by atoms with E-state index >= 15 is 0 Å². The lowest BCUT2D eigenvalue weighted by atomic mass is 10.1. The van der Waals surface area contributed by atoms with E-state index in [0.717, 1.165) is 0 Å². The first-order chi connectivity index (χ1) is 8.61. The molecule has 0 atom stereocenters. The average Bonchev–Trinajstić information content (AvgIpc) is 2.38. The molecule has 1 aliphatic heterocycles. The molecule has 0 radical (unpaired) electrons. The molecule has 0 amide bonds. The van der Waals surface area contributed by atoms with Crippen LogP contribution in [0.5, 0.6) is 0 Å². The van der Waals surface area contributed by atoms with Crippen molar-refractivity contribution in [3.8, 4) is 6.07 Å². The quantitative estimate of drug-likeness (QED) is 0.570. The molecule has 7 heteroatoms. The van der Waals surface area contributed by atoms with E-state index in [0.29, 0.717) is 19.4 Å². The highest BCUT2D eigenvalue weighted by Crippen LogP contribution is 2.27. The second-order valence-corrected chi connectivity index (χ2v) is 4.00. The molecule has 0 saturated carbocycles. The minimum Gasteiger partial charge on any atom is -0.344 e. The Hall–Kier alpha value is -2.49. The van der Waals surface area contributed by atoms with Crippen molar-refractivity contribution in [2.24, 2.45) is 0 Å². The fraction of sp³-hybridized carbons (Fsp3) is 0.364. The lowest BCUT2D eigenvalue weighted by Crippen LogP contribution is -2.36. The Morgan fingerprint density at radius 2 is 2.33 bits per heavy atom. The van der Waals surface area contributed by atoms with Crippen molar-refractivity contribution in [1.82, 2.24) is 4.98 Å². The summed E-state index contributed by atoms with van der Waals surface area (Å²) >= 11 is 0. The molecule has 1 aliphatic rings. The van der Waals surface area contributed by atoms with E-state index in [4.69, 9.17) is 5.26 Å². The van der Waals surface area contributed by atoms with Crippen molar-refractivity contribution >= 4 is 17.3 Å². The normalized spacial score (nSPS) is 15.3. The number of nitriles is 1. The summed E-state index contributed by atoms with van der Waals surface area (Å²) in [5.74, 6) is 0.203. The third kappa shape index (κ3) is 2.27. The van der Waals surface area contributed by atoms with Crippen LogP contribution in [0.2, 0.25) is 0 Å². The molecule has 1 aromatic heterocycles. The van der Waals surface area contributed by atoms with Gasteiger partial charge in [-0.2, -0.15) is 5.26 Å². The predicted octanol–water partition coefficient (Wildman–Crippen LogP) is 1.03. The molecule has 1 aromatic rings. The second kappa shape index (κ2) is 4.79. The number of anilines is 1. The SMILES string of the molecule is N#Cc1cnc(N2CCCC(=O)C2)c([N+](=O)[O-])c1. The maximum Gasteiger partial charge on any atom is 0.312 e. The highest BCUT2D eigenvalue weighted by molar-refractivity contribution is 5.85. The summed E-state index contributed by atoms with van der Waals surface area (Å²) in [5, 5.41) is 19.7. The highest BCUT2D eigenvalue weighted by Gasteiger charge is 2.25. The lowest BCUT2D eigenvalue weighted by Gasteiger charge is -2.26. The molecule has 0 aliphatic carbocycles. The largest absolute Gasteiger partial charge is 0.344 e. The van der Waals surface area contributed by atoms with Gasteiger partial charge in [0.05, 0.1) is 17.0 Å². The van der Waals surface area contributed by atoms with Crippen LogP contribution in [0.15, 0.2) is 12.3 Å². The summed E-state index contributed by atoms with van der Waals surface area (Å²) < 4.78 is 0. The molecule has 0 N–H and O–H groups in total. The van der Waals surface area contributed by atoms with Gasteiger partial charge in [-0.15, -0.1) is 0 Å². The maximum atomic E-state index is 11.4. The van der Waals surface area contributed by atoms with Crippen molar-refractivity contribution in [1.29, 1.82) is 5.26 Å². The van der Waals surface area contributed by atoms with Crippen LogP contribution in [0, 0.1) is 21.4 Å². The van der Waals surface area contributed by atoms with E-state index in [2.05, 4.69) is 4.98 Å². The standard InChI is InChI=1S/C11H10N4O3/c12-5-8-4-10(15(17)18)11(13-6-8)14-3-1-2-9(16)7-14/h4,6H,1-3,7H2. The minimum atomic E-state index is -0.581. The first-order valence-electron chi connectivity index (χ1n) is 5.43. The van der Waals surface area contributed by atoms with Gasteiger partial charge in [0.25, 0.3) is 0 Å². The predicted molar refractivity (Wildman–Crippen MR) is 62.1 cm³/mol. The van der Waals surface area contributed by atoms with Gasteiger partial charge in [0.2, 0.25) is 5.82 Å². The molecule has 0 aromatic carbocycles. The molecule has 0 bridgehead atoms. The first kappa shape index (κ1) is 12.0. The van der Waals surface area contributed by atoms with Gasteiger partial charge in [0.15, 0.2) is 5.78 Å². The third-order valence-electron chi connectivity index (χ3n) is 2.72. The molecular weight excluding hydrogens is 236 g/mol. The number of piperidine rings is 1.